The summed E-state index contributed by atoms with van der Waals surface area (Å²) in [5.41, 5.74) is 0.673. The van der Waals surface area contributed by atoms with Gasteiger partial charge in [-0.2, -0.15) is 11.8 Å². The Hall–Kier alpha value is -2.77. The molecule has 7 atom stereocenters. The highest BCUT2D eigenvalue weighted by atomic mass is 32.2. The van der Waals surface area contributed by atoms with Crippen LogP contribution in [0.3, 0.4) is 0 Å². The van der Waals surface area contributed by atoms with Crippen LogP contribution < -0.4 is 21.3 Å². The van der Waals surface area contributed by atoms with Gasteiger partial charge in [0, 0.05) is 6.42 Å². The second-order valence-corrected chi connectivity index (χ2v) is 14.6. The Morgan fingerprint density at radius 2 is 1.69 bits per heavy atom. The number of benzene rings is 1. The lowest BCUT2D eigenvalue weighted by Crippen LogP contribution is -2.65. The third kappa shape index (κ3) is 7.97. The van der Waals surface area contributed by atoms with Crippen LogP contribution in [-0.4, -0.2) is 86.3 Å². The molecule has 45 heavy (non-hydrogen) atoms. The molecule has 1 saturated heterocycles. The number of amides is 4. The normalized spacial score (nSPS) is 26.5. The molecule has 1 heterocycles. The molecule has 3 saturated carbocycles. The molecule has 0 spiro atoms. The molecule has 0 radical (unpaired) electrons. The van der Waals surface area contributed by atoms with Crippen molar-refractivity contribution in [2.45, 2.75) is 90.1 Å². The van der Waals surface area contributed by atoms with Crippen LogP contribution in [0.1, 0.15) is 59.4 Å². The summed E-state index contributed by atoms with van der Waals surface area (Å²) in [5.74, 6) is 0.0459. The Morgan fingerprint density at radius 1 is 1.00 bits per heavy atom. The van der Waals surface area contributed by atoms with Crippen molar-refractivity contribution in [3.8, 4) is 0 Å². The molecule has 3 aliphatic carbocycles. The van der Waals surface area contributed by atoms with Gasteiger partial charge in [-0.15, -0.1) is 0 Å². The van der Waals surface area contributed by atoms with Gasteiger partial charge in [0.05, 0.1) is 25.3 Å². The number of hydrogen-bond acceptors (Lipinski definition) is 8. The van der Waals surface area contributed by atoms with E-state index in [1.807, 2.05) is 36.6 Å². The summed E-state index contributed by atoms with van der Waals surface area (Å²) >= 11 is 1.57. The summed E-state index contributed by atoms with van der Waals surface area (Å²) in [6.07, 6.45) is 4.06. The lowest BCUT2D eigenvalue weighted by Gasteiger charge is -2.64. The van der Waals surface area contributed by atoms with E-state index in [9.17, 15) is 19.2 Å². The number of ether oxygens (including phenoxy) is 1. The Bertz CT molecular complexity index is 1220. The second-order valence-electron chi connectivity index (χ2n) is 13.6. The van der Waals surface area contributed by atoms with Gasteiger partial charge in [-0.3, -0.25) is 14.4 Å². The molecule has 13 heteroatoms. The van der Waals surface area contributed by atoms with E-state index in [0.717, 1.165) is 18.4 Å². The van der Waals surface area contributed by atoms with E-state index in [2.05, 4.69) is 46.8 Å². The van der Waals surface area contributed by atoms with Crippen molar-refractivity contribution in [2.24, 2.45) is 23.2 Å². The summed E-state index contributed by atoms with van der Waals surface area (Å²) in [7, 11) is 0.661. The summed E-state index contributed by atoms with van der Waals surface area (Å²) in [6.45, 7) is 10.3. The second kappa shape index (κ2) is 14.8. The number of hydrogen-bond donors (Lipinski definition) is 4. The van der Waals surface area contributed by atoms with E-state index in [-0.39, 0.29) is 41.8 Å². The smallest absolute Gasteiger partial charge is 0.453 e. The van der Waals surface area contributed by atoms with Gasteiger partial charge in [0.15, 0.2) is 0 Å². The fraction of sp³-hybridized carbons (Fsp3) is 0.688. The number of carbonyl (C=O) groups excluding carboxylic acids is 4. The van der Waals surface area contributed by atoms with Gasteiger partial charge in [0.25, 0.3) is 0 Å². The van der Waals surface area contributed by atoms with Crippen LogP contribution in [0.15, 0.2) is 30.3 Å². The van der Waals surface area contributed by atoms with Crippen LogP contribution in [0.5, 0.6) is 0 Å². The van der Waals surface area contributed by atoms with Gasteiger partial charge in [-0.25, -0.2) is 4.79 Å². The van der Waals surface area contributed by atoms with Gasteiger partial charge in [-0.05, 0) is 66.9 Å². The molecule has 5 rings (SSSR count). The fourth-order valence-corrected chi connectivity index (χ4v) is 7.63. The summed E-state index contributed by atoms with van der Waals surface area (Å²) in [6, 6.07) is 6.54. The topological polar surface area (TPSA) is 144 Å². The van der Waals surface area contributed by atoms with Crippen LogP contribution in [0.2, 0.25) is 0 Å². The predicted molar refractivity (Wildman–Crippen MR) is 174 cm³/mol. The van der Waals surface area contributed by atoms with E-state index in [4.69, 9.17) is 9.31 Å². The van der Waals surface area contributed by atoms with E-state index < -0.39 is 43.2 Å². The average molecular weight is 645 g/mol. The van der Waals surface area contributed by atoms with E-state index >= 15 is 0 Å². The van der Waals surface area contributed by atoms with Gasteiger partial charge in [-0.1, -0.05) is 58.0 Å². The maximum atomic E-state index is 13.7. The van der Waals surface area contributed by atoms with Crippen molar-refractivity contribution >= 4 is 42.7 Å². The highest BCUT2D eigenvalue weighted by Gasteiger charge is 2.67. The van der Waals surface area contributed by atoms with Crippen molar-refractivity contribution in [3.63, 3.8) is 0 Å². The maximum absolute atomic E-state index is 13.7. The Morgan fingerprint density at radius 3 is 2.31 bits per heavy atom. The number of alkyl carbamates (subject to hydrolysis) is 1. The molecule has 1 aliphatic heterocycles. The monoisotopic (exact) mass is 644 g/mol. The number of rotatable bonds is 14. The first-order chi connectivity index (χ1) is 21.3. The van der Waals surface area contributed by atoms with Crippen LogP contribution in [0, 0.1) is 23.2 Å². The minimum Gasteiger partial charge on any atom is -0.453 e. The molecule has 4 unspecified atom stereocenters. The molecule has 4 fully saturated rings. The molecule has 4 aliphatic rings. The molecule has 4 N–H and O–H groups in total. The fourth-order valence-electron chi connectivity index (χ4n) is 7.16. The lowest BCUT2D eigenvalue weighted by atomic mass is 9.43. The molecule has 248 valence electrons. The number of nitrogens with one attached hydrogen (secondary N) is 4. The van der Waals surface area contributed by atoms with Crippen molar-refractivity contribution in [2.75, 3.05) is 25.6 Å². The number of carbonyl (C=O) groups is 4. The van der Waals surface area contributed by atoms with Crippen molar-refractivity contribution < 1.29 is 33.2 Å². The van der Waals surface area contributed by atoms with Gasteiger partial charge >= 0.3 is 13.2 Å². The van der Waals surface area contributed by atoms with Gasteiger partial charge in [0.1, 0.15) is 18.1 Å². The lowest BCUT2D eigenvalue weighted by molar-refractivity contribution is -0.199. The zero-order valence-corrected chi connectivity index (χ0v) is 28.3. The molecular weight excluding hydrogens is 595 g/mol. The highest BCUT2D eigenvalue weighted by Crippen LogP contribution is 2.65. The molecule has 1 aromatic rings. The molecular formula is C32H49BN4O7S. The predicted octanol–water partition coefficient (Wildman–Crippen LogP) is 2.72. The van der Waals surface area contributed by atoms with E-state index in [1.165, 1.54) is 7.11 Å². The Labute approximate surface area is 271 Å². The van der Waals surface area contributed by atoms with Crippen LogP contribution >= 0.6 is 11.8 Å². The standard InChI is InChI=1S/C32H49BN4O7S/c1-19(2)26(37-30(41)42-6)29(40)36-23(15-20-11-9-8-10-12-20)28(39)35-22(13-14-45-7)27(38)34-18-33-43-25-17-21-16-24(31(21,3)4)32(25,5)44-33/h8-12,19,21-26H,13-18H2,1-7H3,(H,34,38)(H,35,39)(H,36,40)(H,37,41)/t21-,22?,23?,24?,25+,26?,32-/m0/s1. The first-order valence-corrected chi connectivity index (χ1v) is 17.3. The number of thioether (sulfide) groups is 1. The quantitative estimate of drug-likeness (QED) is 0.227. The minimum absolute atomic E-state index is 0.00821. The third-order valence-electron chi connectivity index (χ3n) is 10.0. The maximum Gasteiger partial charge on any atom is 0.478 e. The van der Waals surface area contributed by atoms with E-state index in [1.54, 1.807) is 25.6 Å². The zero-order chi connectivity index (χ0) is 32.9. The molecule has 1 aromatic carbocycles. The van der Waals surface area contributed by atoms with Crippen molar-refractivity contribution in [3.05, 3.63) is 35.9 Å². The minimum atomic E-state index is -0.996. The Balaban J connectivity index is 1.42. The van der Waals surface area contributed by atoms with Gasteiger partial charge in [0.2, 0.25) is 17.7 Å². The van der Waals surface area contributed by atoms with Gasteiger partial charge < -0.3 is 35.3 Å². The highest BCUT2D eigenvalue weighted by molar-refractivity contribution is 7.98. The Kier molecular flexibility index (Phi) is 11.5. The third-order valence-corrected chi connectivity index (χ3v) is 10.7. The average Bonchev–Trinajstić information content (AvgIpc) is 3.36. The van der Waals surface area contributed by atoms with Crippen LogP contribution in [0.4, 0.5) is 4.79 Å². The first-order valence-electron chi connectivity index (χ1n) is 15.9. The SMILES string of the molecule is COC(=O)NC(C(=O)NC(Cc1ccccc1)C(=O)NC(CCSC)C(=O)NCB1O[C@@H]2C[C@@H]3CC(C3(C)C)[C@]2(C)O1)C(C)C. The van der Waals surface area contributed by atoms with Crippen molar-refractivity contribution in [1.82, 2.24) is 21.3 Å². The summed E-state index contributed by atoms with van der Waals surface area (Å²) < 4.78 is 17.4. The van der Waals surface area contributed by atoms with E-state index in [0.29, 0.717) is 24.0 Å². The summed E-state index contributed by atoms with van der Waals surface area (Å²) in [4.78, 5) is 52.4. The zero-order valence-electron chi connectivity index (χ0n) is 27.5. The van der Waals surface area contributed by atoms with Crippen LogP contribution in [0.25, 0.3) is 0 Å². The molecule has 0 aromatic heterocycles. The summed E-state index contributed by atoms with van der Waals surface area (Å²) in [5, 5.41) is 11.2. The molecule has 4 amide bonds. The number of methoxy groups -OCH3 is 1. The molecule has 11 nitrogen and oxygen atoms in total. The van der Waals surface area contributed by atoms with Crippen molar-refractivity contribution in [1.29, 1.82) is 0 Å². The largest absolute Gasteiger partial charge is 0.478 e. The van der Waals surface area contributed by atoms with Crippen LogP contribution in [-0.2, 0) is 34.9 Å². The molecule has 2 bridgehead atoms. The first kappa shape index (κ1) is 35.1.